The van der Waals surface area contributed by atoms with Crippen molar-refractivity contribution in [1.82, 2.24) is 0 Å². The highest BCUT2D eigenvalue weighted by molar-refractivity contribution is 7.53. The maximum atomic E-state index is 13.4. The van der Waals surface area contributed by atoms with Gasteiger partial charge in [0.05, 0.1) is 19.4 Å². The normalized spacial score (nSPS) is 14.8. The Hall–Kier alpha value is -1.65. The molecule has 0 radical (unpaired) electrons. The Labute approximate surface area is 183 Å². The Morgan fingerprint density at radius 3 is 2.10 bits per heavy atom. The number of amides is 1. The lowest BCUT2D eigenvalue weighted by atomic mass is 10.1. The van der Waals surface area contributed by atoms with Gasteiger partial charge in [0.2, 0.25) is 0 Å². The van der Waals surface area contributed by atoms with E-state index in [1.807, 2.05) is 41.3 Å². The third kappa shape index (κ3) is 5.73. The van der Waals surface area contributed by atoms with E-state index in [0.29, 0.717) is 23.8 Å². The number of hydrogen-bond acceptors (Lipinski definition) is 4. The highest BCUT2D eigenvalue weighted by atomic mass is 35.5. The van der Waals surface area contributed by atoms with Gasteiger partial charge >= 0.3 is 7.60 Å². The van der Waals surface area contributed by atoms with E-state index < -0.39 is 7.60 Å². The topological polar surface area (TPSA) is 55.8 Å². The van der Waals surface area contributed by atoms with Crippen LogP contribution >= 0.6 is 19.2 Å². The van der Waals surface area contributed by atoms with Crippen LogP contribution in [0.2, 0.25) is 5.02 Å². The molecule has 162 valence electrons. The Morgan fingerprint density at radius 2 is 1.57 bits per heavy atom. The highest BCUT2D eigenvalue weighted by Gasteiger charge is 2.29. The third-order valence-corrected chi connectivity index (χ3v) is 7.55. The first-order chi connectivity index (χ1) is 14.5. The van der Waals surface area contributed by atoms with E-state index in [-0.39, 0.29) is 18.1 Å². The minimum absolute atomic E-state index is 0.0337. The number of anilines is 1. The molecule has 1 aliphatic rings. The summed E-state index contributed by atoms with van der Waals surface area (Å²) in [7, 11) is -3.18. The highest BCUT2D eigenvalue weighted by Crippen LogP contribution is 2.51. The van der Waals surface area contributed by atoms with E-state index in [9.17, 15) is 9.36 Å². The average molecular weight is 450 g/mol. The number of benzene rings is 2. The number of nitrogens with zero attached hydrogens (tertiary/aromatic N) is 1. The van der Waals surface area contributed by atoms with Crippen molar-refractivity contribution >= 4 is 30.8 Å². The van der Waals surface area contributed by atoms with Crippen LogP contribution in [0.5, 0.6) is 0 Å². The first kappa shape index (κ1) is 23.0. The molecule has 30 heavy (non-hydrogen) atoms. The van der Waals surface area contributed by atoms with Gasteiger partial charge in [0, 0.05) is 22.3 Å². The van der Waals surface area contributed by atoms with Crippen molar-refractivity contribution in [2.75, 3.05) is 18.1 Å². The molecule has 0 bridgehead atoms. The molecule has 1 aliphatic carbocycles. The first-order valence-electron chi connectivity index (χ1n) is 10.5. The fourth-order valence-corrected chi connectivity index (χ4v) is 5.72. The predicted molar refractivity (Wildman–Crippen MR) is 122 cm³/mol. The third-order valence-electron chi connectivity index (χ3n) is 5.24. The molecule has 7 heteroatoms. The molecule has 0 aliphatic heterocycles. The minimum Gasteiger partial charge on any atom is -0.309 e. The Balaban J connectivity index is 1.81. The second-order valence-corrected chi connectivity index (χ2v) is 9.88. The van der Waals surface area contributed by atoms with Crippen molar-refractivity contribution in [3.8, 4) is 0 Å². The quantitative estimate of drug-likeness (QED) is 0.400. The van der Waals surface area contributed by atoms with Gasteiger partial charge in [0.1, 0.15) is 0 Å². The van der Waals surface area contributed by atoms with Gasteiger partial charge in [-0.2, -0.15) is 0 Å². The van der Waals surface area contributed by atoms with Crippen molar-refractivity contribution in [1.29, 1.82) is 0 Å². The van der Waals surface area contributed by atoms with Gasteiger partial charge in [-0.15, -0.1) is 0 Å². The van der Waals surface area contributed by atoms with Crippen molar-refractivity contribution in [3.63, 3.8) is 0 Å². The van der Waals surface area contributed by atoms with Crippen LogP contribution < -0.4 is 4.90 Å². The van der Waals surface area contributed by atoms with Crippen LogP contribution in [0.4, 0.5) is 5.69 Å². The molecule has 2 aromatic carbocycles. The molecule has 1 fully saturated rings. The van der Waals surface area contributed by atoms with Gasteiger partial charge in [-0.3, -0.25) is 9.36 Å². The minimum atomic E-state index is -3.18. The lowest BCUT2D eigenvalue weighted by Gasteiger charge is -2.29. The van der Waals surface area contributed by atoms with Crippen LogP contribution in [-0.4, -0.2) is 25.2 Å². The van der Waals surface area contributed by atoms with Crippen LogP contribution in [0.15, 0.2) is 48.5 Å². The second-order valence-electron chi connectivity index (χ2n) is 7.39. The molecule has 2 aromatic rings. The van der Waals surface area contributed by atoms with Crippen LogP contribution in [0, 0.1) is 0 Å². The summed E-state index contributed by atoms with van der Waals surface area (Å²) in [6.45, 7) is 4.24. The molecule has 5 nitrogen and oxygen atoms in total. The summed E-state index contributed by atoms with van der Waals surface area (Å²) in [4.78, 5) is 15.3. The molecule has 1 saturated carbocycles. The van der Waals surface area contributed by atoms with Crippen molar-refractivity contribution in [2.24, 2.45) is 0 Å². The van der Waals surface area contributed by atoms with Crippen LogP contribution in [0.25, 0.3) is 0 Å². The van der Waals surface area contributed by atoms with Gasteiger partial charge < -0.3 is 13.9 Å². The SMILES string of the molecule is CCOP(=O)(Cc1ccc(C(=O)N(c2ccc(Cl)cc2)C2CCCC2)cc1)OCC. The summed E-state index contributed by atoms with van der Waals surface area (Å²) in [6, 6.07) is 14.8. The molecule has 3 rings (SSSR count). The van der Waals surface area contributed by atoms with Gasteiger partial charge in [-0.25, -0.2) is 0 Å². The zero-order valence-corrected chi connectivity index (χ0v) is 19.2. The summed E-state index contributed by atoms with van der Waals surface area (Å²) in [6.07, 6.45) is 4.44. The largest absolute Gasteiger partial charge is 0.335 e. The van der Waals surface area contributed by atoms with E-state index in [1.54, 1.807) is 26.0 Å². The molecule has 0 N–H and O–H groups in total. The number of hydrogen-bond donors (Lipinski definition) is 0. The average Bonchev–Trinajstić information content (AvgIpc) is 3.24. The summed E-state index contributed by atoms with van der Waals surface area (Å²) in [5.41, 5.74) is 2.27. The molecule has 0 saturated heterocycles. The fraction of sp³-hybridized carbons (Fsp3) is 0.435. The first-order valence-corrected chi connectivity index (χ1v) is 12.6. The fourth-order valence-electron chi connectivity index (χ4n) is 3.90. The maximum Gasteiger partial charge on any atom is 0.335 e. The van der Waals surface area contributed by atoms with Crippen LogP contribution in [0.3, 0.4) is 0 Å². The number of rotatable bonds is 9. The molecule has 0 spiro atoms. The molecule has 0 heterocycles. The second kappa shape index (κ2) is 10.6. The standard InChI is InChI=1S/C23H29ClNO4P/c1-3-28-30(27,29-4-2)17-18-9-11-19(12-10-18)23(26)25(21-7-5-6-8-21)22-15-13-20(24)14-16-22/h9-16,21H,3-8,17H2,1-2H3. The van der Waals surface area contributed by atoms with Crippen LogP contribution in [-0.2, 0) is 19.8 Å². The summed E-state index contributed by atoms with van der Waals surface area (Å²) in [5.74, 6) is -0.0337. The van der Waals surface area contributed by atoms with E-state index in [0.717, 1.165) is 36.9 Å². The van der Waals surface area contributed by atoms with Gasteiger partial charge in [0.15, 0.2) is 0 Å². The van der Waals surface area contributed by atoms with E-state index >= 15 is 0 Å². The van der Waals surface area contributed by atoms with Crippen LogP contribution in [0.1, 0.15) is 55.5 Å². The van der Waals surface area contributed by atoms with Crippen molar-refractivity contribution in [3.05, 3.63) is 64.7 Å². The molecule has 0 aromatic heterocycles. The summed E-state index contributed by atoms with van der Waals surface area (Å²) in [5, 5.41) is 0.648. The Morgan fingerprint density at radius 1 is 1.00 bits per heavy atom. The number of halogens is 1. The molecule has 0 unspecified atom stereocenters. The Bertz CT molecular complexity index is 869. The van der Waals surface area contributed by atoms with E-state index in [2.05, 4.69) is 0 Å². The molecule has 1 amide bonds. The molecule has 0 atom stereocenters. The predicted octanol–water partition coefficient (Wildman–Crippen LogP) is 6.70. The summed E-state index contributed by atoms with van der Waals surface area (Å²) < 4.78 is 23.5. The number of carbonyl (C=O) groups excluding carboxylic acids is 1. The lowest BCUT2D eigenvalue weighted by molar-refractivity contribution is 0.0977. The lowest BCUT2D eigenvalue weighted by Crippen LogP contribution is -2.39. The van der Waals surface area contributed by atoms with E-state index in [1.165, 1.54) is 0 Å². The monoisotopic (exact) mass is 449 g/mol. The number of carbonyl (C=O) groups is 1. The van der Waals surface area contributed by atoms with E-state index in [4.69, 9.17) is 20.6 Å². The van der Waals surface area contributed by atoms with Gasteiger partial charge in [-0.1, -0.05) is 36.6 Å². The van der Waals surface area contributed by atoms with Crippen molar-refractivity contribution < 1.29 is 18.4 Å². The van der Waals surface area contributed by atoms with Gasteiger partial charge in [0.25, 0.3) is 5.91 Å². The maximum absolute atomic E-state index is 13.4. The zero-order chi connectivity index (χ0) is 21.6. The smallest absolute Gasteiger partial charge is 0.309 e. The summed E-state index contributed by atoms with van der Waals surface area (Å²) >= 11 is 6.04. The van der Waals surface area contributed by atoms with Gasteiger partial charge in [-0.05, 0) is 68.7 Å². The molecular weight excluding hydrogens is 421 g/mol. The van der Waals surface area contributed by atoms with Crippen molar-refractivity contribution in [2.45, 2.75) is 51.7 Å². The zero-order valence-electron chi connectivity index (χ0n) is 17.6. The molecular formula is C23H29ClNO4P. The Kier molecular flexibility index (Phi) is 8.13.